The zero-order valence-electron chi connectivity index (χ0n) is 10.7. The molecule has 1 aromatic rings. The van der Waals surface area contributed by atoms with Crippen LogP contribution in [0.15, 0.2) is 17.2 Å². The monoisotopic (exact) mass is 223 g/mol. The molecule has 0 bridgehead atoms. The average Bonchev–Trinajstić information content (AvgIpc) is 2.14. The molecule has 1 atom stereocenters. The Morgan fingerprint density at radius 1 is 1.50 bits per heavy atom. The SMILES string of the molecule is CNC(Cn1cnc(C)cc1=O)C(C)(C)C. The summed E-state index contributed by atoms with van der Waals surface area (Å²) in [4.78, 5) is 15.9. The fourth-order valence-electron chi connectivity index (χ4n) is 1.65. The van der Waals surface area contributed by atoms with Crippen LogP contribution < -0.4 is 10.9 Å². The highest BCUT2D eigenvalue weighted by Crippen LogP contribution is 2.19. The molecule has 1 heterocycles. The summed E-state index contributed by atoms with van der Waals surface area (Å²) in [5.41, 5.74) is 0.883. The van der Waals surface area contributed by atoms with E-state index in [0.717, 1.165) is 5.69 Å². The molecule has 0 amide bonds. The summed E-state index contributed by atoms with van der Waals surface area (Å²) in [5.74, 6) is 0. The third kappa shape index (κ3) is 3.17. The van der Waals surface area contributed by atoms with Gasteiger partial charge >= 0.3 is 0 Å². The largest absolute Gasteiger partial charge is 0.315 e. The molecule has 1 rings (SSSR count). The minimum atomic E-state index is 0.0111. The summed E-state index contributed by atoms with van der Waals surface area (Å²) in [6, 6.07) is 1.81. The van der Waals surface area contributed by atoms with Crippen LogP contribution in [-0.4, -0.2) is 22.6 Å². The van der Waals surface area contributed by atoms with Gasteiger partial charge in [-0.3, -0.25) is 9.36 Å². The van der Waals surface area contributed by atoms with Crippen molar-refractivity contribution in [2.24, 2.45) is 5.41 Å². The third-order valence-corrected chi connectivity index (χ3v) is 2.79. The van der Waals surface area contributed by atoms with Crippen molar-refractivity contribution < 1.29 is 0 Å². The Labute approximate surface area is 96.7 Å². The van der Waals surface area contributed by atoms with E-state index in [9.17, 15) is 4.79 Å². The van der Waals surface area contributed by atoms with E-state index in [-0.39, 0.29) is 17.0 Å². The second-order valence-corrected chi connectivity index (χ2v) is 5.23. The highest BCUT2D eigenvalue weighted by atomic mass is 16.1. The number of nitrogens with one attached hydrogen (secondary N) is 1. The molecule has 0 saturated heterocycles. The van der Waals surface area contributed by atoms with Gasteiger partial charge in [-0.05, 0) is 19.4 Å². The molecule has 0 radical (unpaired) electrons. The van der Waals surface area contributed by atoms with Gasteiger partial charge in [0.2, 0.25) is 0 Å². The van der Waals surface area contributed by atoms with Crippen molar-refractivity contribution in [3.8, 4) is 0 Å². The molecule has 0 spiro atoms. The number of hydrogen-bond acceptors (Lipinski definition) is 3. The minimum Gasteiger partial charge on any atom is -0.315 e. The van der Waals surface area contributed by atoms with E-state index in [1.165, 1.54) is 0 Å². The van der Waals surface area contributed by atoms with Gasteiger partial charge in [0.15, 0.2) is 0 Å². The maximum atomic E-state index is 11.7. The average molecular weight is 223 g/mol. The van der Waals surface area contributed by atoms with Gasteiger partial charge in [-0.15, -0.1) is 0 Å². The van der Waals surface area contributed by atoms with Crippen LogP contribution in [0.1, 0.15) is 26.5 Å². The molecule has 0 fully saturated rings. The normalized spacial score (nSPS) is 13.8. The molecule has 0 aliphatic carbocycles. The lowest BCUT2D eigenvalue weighted by molar-refractivity contribution is 0.251. The summed E-state index contributed by atoms with van der Waals surface area (Å²) < 4.78 is 1.65. The van der Waals surface area contributed by atoms with Crippen LogP contribution in [0.5, 0.6) is 0 Å². The molecule has 1 N–H and O–H groups in total. The lowest BCUT2D eigenvalue weighted by atomic mass is 9.87. The Bertz CT molecular complexity index is 403. The Morgan fingerprint density at radius 2 is 2.12 bits per heavy atom. The van der Waals surface area contributed by atoms with E-state index < -0.39 is 0 Å². The summed E-state index contributed by atoms with van der Waals surface area (Å²) in [7, 11) is 1.92. The molecule has 4 heteroatoms. The number of hydrogen-bond donors (Lipinski definition) is 1. The number of aromatic nitrogens is 2. The van der Waals surface area contributed by atoms with Crippen molar-refractivity contribution >= 4 is 0 Å². The molecule has 0 aliphatic heterocycles. The van der Waals surface area contributed by atoms with E-state index in [0.29, 0.717) is 6.54 Å². The van der Waals surface area contributed by atoms with Crippen LogP contribution in [0, 0.1) is 12.3 Å². The van der Waals surface area contributed by atoms with Crippen molar-refractivity contribution in [1.82, 2.24) is 14.9 Å². The Kier molecular flexibility index (Phi) is 3.86. The first kappa shape index (κ1) is 12.9. The van der Waals surface area contributed by atoms with Crippen molar-refractivity contribution in [3.05, 3.63) is 28.4 Å². The van der Waals surface area contributed by atoms with E-state index >= 15 is 0 Å². The molecule has 0 saturated carbocycles. The van der Waals surface area contributed by atoms with Gasteiger partial charge in [0.05, 0.1) is 6.33 Å². The highest BCUT2D eigenvalue weighted by molar-refractivity contribution is 4.96. The van der Waals surface area contributed by atoms with Gasteiger partial charge in [-0.1, -0.05) is 20.8 Å². The zero-order chi connectivity index (χ0) is 12.3. The van der Waals surface area contributed by atoms with Crippen molar-refractivity contribution in [3.63, 3.8) is 0 Å². The number of likely N-dealkylation sites (N-methyl/N-ethyl adjacent to an activating group) is 1. The lowest BCUT2D eigenvalue weighted by Gasteiger charge is -2.30. The van der Waals surface area contributed by atoms with Crippen molar-refractivity contribution in [2.75, 3.05) is 7.05 Å². The summed E-state index contributed by atoms with van der Waals surface area (Å²) in [6.07, 6.45) is 1.62. The summed E-state index contributed by atoms with van der Waals surface area (Å²) in [5, 5.41) is 3.24. The first-order chi connectivity index (χ1) is 7.34. The van der Waals surface area contributed by atoms with Crippen molar-refractivity contribution in [2.45, 2.75) is 40.3 Å². The van der Waals surface area contributed by atoms with Gasteiger partial charge in [0, 0.05) is 24.3 Å². The standard InChI is InChI=1S/C12H21N3O/c1-9-6-11(16)15(8-14-9)7-10(13-5)12(2,3)4/h6,8,10,13H,7H2,1-5H3. The van der Waals surface area contributed by atoms with Crippen LogP contribution in [0.25, 0.3) is 0 Å². The molecule has 90 valence electrons. The number of aryl methyl sites for hydroxylation is 1. The first-order valence-corrected chi connectivity index (χ1v) is 5.55. The Morgan fingerprint density at radius 3 is 2.56 bits per heavy atom. The molecule has 1 unspecified atom stereocenters. The smallest absolute Gasteiger partial charge is 0.253 e. The Hall–Kier alpha value is -1.16. The van der Waals surface area contributed by atoms with Crippen LogP contribution in [0.2, 0.25) is 0 Å². The highest BCUT2D eigenvalue weighted by Gasteiger charge is 2.23. The molecular formula is C12H21N3O. The third-order valence-electron chi connectivity index (χ3n) is 2.79. The number of rotatable bonds is 3. The van der Waals surface area contributed by atoms with E-state index in [1.54, 1.807) is 17.0 Å². The van der Waals surface area contributed by atoms with Gasteiger partial charge in [-0.25, -0.2) is 4.98 Å². The van der Waals surface area contributed by atoms with E-state index in [2.05, 4.69) is 31.1 Å². The maximum absolute atomic E-state index is 11.7. The first-order valence-electron chi connectivity index (χ1n) is 5.55. The van der Waals surface area contributed by atoms with Crippen LogP contribution in [0.3, 0.4) is 0 Å². The quantitative estimate of drug-likeness (QED) is 0.837. The predicted molar refractivity (Wildman–Crippen MR) is 65.5 cm³/mol. The van der Waals surface area contributed by atoms with Gasteiger partial charge in [0.1, 0.15) is 0 Å². The van der Waals surface area contributed by atoms with Crippen LogP contribution in [0.4, 0.5) is 0 Å². The van der Waals surface area contributed by atoms with Crippen LogP contribution >= 0.6 is 0 Å². The zero-order valence-corrected chi connectivity index (χ0v) is 10.7. The van der Waals surface area contributed by atoms with E-state index in [4.69, 9.17) is 0 Å². The molecule has 0 aromatic carbocycles. The second-order valence-electron chi connectivity index (χ2n) is 5.23. The Balaban J connectivity index is 2.91. The van der Waals surface area contributed by atoms with E-state index in [1.807, 2.05) is 14.0 Å². The topological polar surface area (TPSA) is 46.9 Å². The molecule has 1 aromatic heterocycles. The maximum Gasteiger partial charge on any atom is 0.253 e. The lowest BCUT2D eigenvalue weighted by Crippen LogP contribution is -2.43. The fraction of sp³-hybridized carbons (Fsp3) is 0.667. The minimum absolute atomic E-state index is 0.0111. The molecule has 4 nitrogen and oxygen atoms in total. The van der Waals surface area contributed by atoms with Gasteiger partial charge < -0.3 is 5.32 Å². The van der Waals surface area contributed by atoms with Gasteiger partial charge in [0.25, 0.3) is 5.56 Å². The second kappa shape index (κ2) is 4.78. The van der Waals surface area contributed by atoms with Crippen LogP contribution in [-0.2, 0) is 6.54 Å². The van der Waals surface area contributed by atoms with Crippen molar-refractivity contribution in [1.29, 1.82) is 0 Å². The predicted octanol–water partition coefficient (Wildman–Crippen LogP) is 1.19. The van der Waals surface area contributed by atoms with Gasteiger partial charge in [-0.2, -0.15) is 0 Å². The number of nitrogens with zero attached hydrogens (tertiary/aromatic N) is 2. The fourth-order valence-corrected chi connectivity index (χ4v) is 1.65. The molecule has 16 heavy (non-hydrogen) atoms. The molecular weight excluding hydrogens is 202 g/mol. The summed E-state index contributed by atoms with van der Waals surface area (Å²) >= 11 is 0. The summed E-state index contributed by atoms with van der Waals surface area (Å²) in [6.45, 7) is 8.93. The molecule has 0 aliphatic rings.